The van der Waals surface area contributed by atoms with Gasteiger partial charge in [0.1, 0.15) is 5.75 Å². The maximum absolute atomic E-state index is 11.9. The predicted molar refractivity (Wildman–Crippen MR) is 77.3 cm³/mol. The van der Waals surface area contributed by atoms with E-state index >= 15 is 0 Å². The van der Waals surface area contributed by atoms with Gasteiger partial charge in [-0.2, -0.15) is 0 Å². The summed E-state index contributed by atoms with van der Waals surface area (Å²) < 4.78 is 5.32. The van der Waals surface area contributed by atoms with Crippen molar-refractivity contribution in [2.24, 2.45) is 0 Å². The Balaban J connectivity index is 2.60. The van der Waals surface area contributed by atoms with Crippen molar-refractivity contribution >= 4 is 5.91 Å². The van der Waals surface area contributed by atoms with Gasteiger partial charge in [-0.05, 0) is 26.8 Å². The van der Waals surface area contributed by atoms with Gasteiger partial charge in [0, 0.05) is 24.7 Å². The third-order valence-corrected chi connectivity index (χ3v) is 3.33. The molecule has 1 N–H and O–H groups in total. The molecule has 0 aromatic heterocycles. The van der Waals surface area contributed by atoms with Crippen LogP contribution >= 0.6 is 0 Å². The molecule has 0 saturated carbocycles. The Hall–Kier alpha value is -1.55. The predicted octanol–water partition coefficient (Wildman–Crippen LogP) is 2.21. The van der Waals surface area contributed by atoms with Crippen LogP contribution < -0.4 is 10.1 Å². The van der Waals surface area contributed by atoms with E-state index in [-0.39, 0.29) is 18.0 Å². The molecule has 1 aromatic rings. The molecule has 1 rings (SSSR count). The highest BCUT2D eigenvalue weighted by Gasteiger charge is 2.15. The Kier molecular flexibility index (Phi) is 5.83. The molecule has 1 amide bonds. The number of nitrogens with one attached hydrogen (secondary N) is 1. The van der Waals surface area contributed by atoms with E-state index in [0.717, 1.165) is 11.3 Å². The standard InChI is InChI=1S/C15H24N2O2/c1-11(2)17(4)15(18)10-16-12(3)13-8-6-7-9-14(13)19-5/h6-9,11-12,16H,10H2,1-5H3/t12-/m1/s1. The smallest absolute Gasteiger partial charge is 0.236 e. The van der Waals surface area contributed by atoms with Crippen molar-refractivity contribution in [3.05, 3.63) is 29.8 Å². The van der Waals surface area contributed by atoms with E-state index in [9.17, 15) is 4.79 Å². The molecule has 19 heavy (non-hydrogen) atoms. The molecule has 0 saturated heterocycles. The number of carbonyl (C=O) groups excluding carboxylic acids is 1. The highest BCUT2D eigenvalue weighted by molar-refractivity contribution is 5.78. The summed E-state index contributed by atoms with van der Waals surface area (Å²) in [6.07, 6.45) is 0. The fraction of sp³-hybridized carbons (Fsp3) is 0.533. The lowest BCUT2D eigenvalue weighted by molar-refractivity contribution is -0.130. The summed E-state index contributed by atoms with van der Waals surface area (Å²) in [6.45, 7) is 6.36. The summed E-state index contributed by atoms with van der Waals surface area (Å²) >= 11 is 0. The summed E-state index contributed by atoms with van der Waals surface area (Å²) in [5.74, 6) is 0.934. The number of rotatable bonds is 6. The topological polar surface area (TPSA) is 41.6 Å². The molecule has 0 fully saturated rings. The molecule has 0 radical (unpaired) electrons. The number of amides is 1. The van der Waals surface area contributed by atoms with Gasteiger partial charge in [-0.3, -0.25) is 4.79 Å². The van der Waals surface area contributed by atoms with E-state index in [2.05, 4.69) is 5.32 Å². The minimum absolute atomic E-state index is 0.0701. The molecular weight excluding hydrogens is 240 g/mol. The molecule has 4 heteroatoms. The second-order valence-corrected chi connectivity index (χ2v) is 4.94. The summed E-state index contributed by atoms with van der Waals surface area (Å²) in [5, 5.41) is 3.24. The van der Waals surface area contributed by atoms with Crippen LogP contribution in [-0.2, 0) is 4.79 Å². The summed E-state index contributed by atoms with van der Waals surface area (Å²) in [6, 6.07) is 8.13. The lowest BCUT2D eigenvalue weighted by atomic mass is 10.1. The van der Waals surface area contributed by atoms with E-state index in [4.69, 9.17) is 4.74 Å². The van der Waals surface area contributed by atoms with Crippen molar-refractivity contribution in [1.29, 1.82) is 0 Å². The molecule has 0 aliphatic carbocycles. The lowest BCUT2D eigenvalue weighted by Crippen LogP contribution is -2.40. The average molecular weight is 264 g/mol. The third kappa shape index (κ3) is 4.24. The number of carbonyl (C=O) groups is 1. The maximum atomic E-state index is 11.9. The van der Waals surface area contributed by atoms with Crippen molar-refractivity contribution < 1.29 is 9.53 Å². The van der Waals surface area contributed by atoms with Crippen LogP contribution in [0.3, 0.4) is 0 Å². The Morgan fingerprint density at radius 3 is 2.53 bits per heavy atom. The molecular formula is C15H24N2O2. The number of para-hydroxylation sites is 1. The normalized spacial score (nSPS) is 12.3. The first-order chi connectivity index (χ1) is 8.97. The van der Waals surface area contributed by atoms with Crippen LogP contribution in [0.2, 0.25) is 0 Å². The van der Waals surface area contributed by atoms with Crippen LogP contribution in [0.25, 0.3) is 0 Å². The van der Waals surface area contributed by atoms with Gasteiger partial charge in [-0.1, -0.05) is 18.2 Å². The molecule has 0 heterocycles. The van der Waals surface area contributed by atoms with Crippen molar-refractivity contribution in [2.75, 3.05) is 20.7 Å². The van der Waals surface area contributed by atoms with Gasteiger partial charge in [0.15, 0.2) is 0 Å². The molecule has 0 spiro atoms. The number of nitrogens with zero attached hydrogens (tertiary/aromatic N) is 1. The lowest BCUT2D eigenvalue weighted by Gasteiger charge is -2.23. The SMILES string of the molecule is COc1ccccc1[C@@H](C)NCC(=O)N(C)C(C)C. The number of likely N-dealkylation sites (N-methyl/N-ethyl adjacent to an activating group) is 1. The van der Waals surface area contributed by atoms with Gasteiger partial charge >= 0.3 is 0 Å². The molecule has 0 aliphatic heterocycles. The van der Waals surface area contributed by atoms with E-state index < -0.39 is 0 Å². The molecule has 1 atom stereocenters. The summed E-state index contributed by atoms with van der Waals surface area (Å²) in [4.78, 5) is 13.6. The van der Waals surface area contributed by atoms with E-state index in [1.165, 1.54) is 0 Å². The fourth-order valence-electron chi connectivity index (χ4n) is 1.79. The summed E-state index contributed by atoms with van der Waals surface area (Å²) in [5.41, 5.74) is 1.06. The van der Waals surface area contributed by atoms with Crippen LogP contribution in [0.5, 0.6) is 5.75 Å². The number of benzene rings is 1. The van der Waals surface area contributed by atoms with E-state index in [1.54, 1.807) is 12.0 Å². The minimum atomic E-state index is 0.0701. The first-order valence-electron chi connectivity index (χ1n) is 6.59. The van der Waals surface area contributed by atoms with Crippen molar-refractivity contribution in [3.8, 4) is 5.75 Å². The number of hydrogen-bond acceptors (Lipinski definition) is 3. The Morgan fingerprint density at radius 1 is 1.32 bits per heavy atom. The Bertz CT molecular complexity index is 418. The average Bonchev–Trinajstić information content (AvgIpc) is 2.43. The first kappa shape index (κ1) is 15.5. The van der Waals surface area contributed by atoms with Gasteiger partial charge in [0.2, 0.25) is 5.91 Å². The van der Waals surface area contributed by atoms with Gasteiger partial charge in [-0.15, -0.1) is 0 Å². The number of methoxy groups -OCH3 is 1. The largest absolute Gasteiger partial charge is 0.496 e. The van der Waals surface area contributed by atoms with E-state index in [0.29, 0.717) is 6.54 Å². The molecule has 0 aliphatic rings. The molecule has 4 nitrogen and oxygen atoms in total. The third-order valence-electron chi connectivity index (χ3n) is 3.33. The van der Waals surface area contributed by atoms with Crippen LogP contribution in [0.4, 0.5) is 0 Å². The van der Waals surface area contributed by atoms with Gasteiger partial charge in [0.05, 0.1) is 13.7 Å². The van der Waals surface area contributed by atoms with Crippen molar-refractivity contribution in [3.63, 3.8) is 0 Å². The second-order valence-electron chi connectivity index (χ2n) is 4.94. The van der Waals surface area contributed by atoms with Crippen LogP contribution in [0.15, 0.2) is 24.3 Å². The maximum Gasteiger partial charge on any atom is 0.236 e. The van der Waals surface area contributed by atoms with Crippen LogP contribution in [0, 0.1) is 0 Å². The zero-order valence-corrected chi connectivity index (χ0v) is 12.4. The first-order valence-corrected chi connectivity index (χ1v) is 6.59. The Morgan fingerprint density at radius 2 is 1.95 bits per heavy atom. The van der Waals surface area contributed by atoms with Crippen molar-refractivity contribution in [1.82, 2.24) is 10.2 Å². The monoisotopic (exact) mass is 264 g/mol. The minimum Gasteiger partial charge on any atom is -0.496 e. The molecule has 0 bridgehead atoms. The molecule has 106 valence electrons. The number of ether oxygens (including phenoxy) is 1. The quantitative estimate of drug-likeness (QED) is 0.856. The second kappa shape index (κ2) is 7.14. The molecule has 0 unspecified atom stereocenters. The Labute approximate surface area is 115 Å². The molecule has 1 aromatic carbocycles. The van der Waals surface area contributed by atoms with Crippen molar-refractivity contribution in [2.45, 2.75) is 32.9 Å². The number of hydrogen-bond donors (Lipinski definition) is 1. The van der Waals surface area contributed by atoms with Crippen LogP contribution in [-0.4, -0.2) is 37.6 Å². The zero-order chi connectivity index (χ0) is 14.4. The van der Waals surface area contributed by atoms with Gasteiger partial charge in [0.25, 0.3) is 0 Å². The fourth-order valence-corrected chi connectivity index (χ4v) is 1.79. The summed E-state index contributed by atoms with van der Waals surface area (Å²) in [7, 11) is 3.48. The van der Waals surface area contributed by atoms with Gasteiger partial charge < -0.3 is 15.0 Å². The van der Waals surface area contributed by atoms with Crippen LogP contribution in [0.1, 0.15) is 32.4 Å². The highest BCUT2D eigenvalue weighted by atomic mass is 16.5. The highest BCUT2D eigenvalue weighted by Crippen LogP contribution is 2.23. The zero-order valence-electron chi connectivity index (χ0n) is 12.4. The van der Waals surface area contributed by atoms with Gasteiger partial charge in [-0.25, -0.2) is 0 Å². The van der Waals surface area contributed by atoms with E-state index in [1.807, 2.05) is 52.1 Å².